The predicted octanol–water partition coefficient (Wildman–Crippen LogP) is 3.41. The lowest BCUT2D eigenvalue weighted by Gasteiger charge is -2.26. The van der Waals surface area contributed by atoms with Crippen molar-refractivity contribution in [2.24, 2.45) is 0 Å². The third-order valence-corrected chi connectivity index (χ3v) is 4.69. The van der Waals surface area contributed by atoms with Crippen LogP contribution in [0.4, 0.5) is 0 Å². The van der Waals surface area contributed by atoms with E-state index in [9.17, 15) is 9.90 Å². The maximum atomic E-state index is 12.1. The minimum absolute atomic E-state index is 0.0605. The molecule has 3 rings (SSSR count). The molecule has 2 heterocycles. The highest BCUT2D eigenvalue weighted by Gasteiger charge is 2.34. The van der Waals surface area contributed by atoms with Crippen molar-refractivity contribution in [2.75, 3.05) is 6.54 Å². The van der Waals surface area contributed by atoms with E-state index in [2.05, 4.69) is 5.32 Å². The molecule has 0 aliphatic heterocycles. The van der Waals surface area contributed by atoms with Crippen molar-refractivity contribution in [3.8, 4) is 0 Å². The Balaban J connectivity index is 1.71. The maximum absolute atomic E-state index is 12.1. The molecule has 0 saturated carbocycles. The highest BCUT2D eigenvalue weighted by atomic mass is 32.1. The summed E-state index contributed by atoms with van der Waals surface area (Å²) in [7, 11) is 0. The number of thiophene rings is 1. The summed E-state index contributed by atoms with van der Waals surface area (Å²) >= 11 is 1.43. The number of rotatable bonds is 6. The molecule has 1 amide bonds. The number of carbonyl (C=O) groups is 1. The normalized spacial score (nSPS) is 13.7. The van der Waals surface area contributed by atoms with Crippen molar-refractivity contribution in [3.05, 3.63) is 88.5 Å². The van der Waals surface area contributed by atoms with Crippen molar-refractivity contribution in [1.82, 2.24) is 5.32 Å². The Morgan fingerprint density at radius 2 is 2.04 bits per heavy atom. The van der Waals surface area contributed by atoms with Crippen LogP contribution in [0.1, 0.15) is 16.0 Å². The predicted molar refractivity (Wildman–Crippen MR) is 94.5 cm³/mol. The number of nitrogens with one attached hydrogen (secondary N) is 1. The summed E-state index contributed by atoms with van der Waals surface area (Å²) in [6, 6.07) is 15.0. The van der Waals surface area contributed by atoms with Gasteiger partial charge in [-0.1, -0.05) is 36.4 Å². The zero-order valence-electron chi connectivity index (χ0n) is 12.9. The molecule has 3 aromatic rings. The molecule has 0 unspecified atom stereocenters. The van der Waals surface area contributed by atoms with E-state index < -0.39 is 5.60 Å². The van der Waals surface area contributed by atoms with Gasteiger partial charge in [-0.3, -0.25) is 4.79 Å². The largest absolute Gasteiger partial charge is 0.472 e. The van der Waals surface area contributed by atoms with E-state index in [-0.39, 0.29) is 12.5 Å². The lowest BCUT2D eigenvalue weighted by Crippen LogP contribution is -2.40. The van der Waals surface area contributed by atoms with E-state index in [4.69, 9.17) is 4.42 Å². The molecule has 0 aliphatic rings. The van der Waals surface area contributed by atoms with Gasteiger partial charge in [0.05, 0.1) is 19.1 Å². The van der Waals surface area contributed by atoms with Crippen LogP contribution in [0, 0.1) is 0 Å². The Kier molecular flexibility index (Phi) is 4.93. The lowest BCUT2D eigenvalue weighted by atomic mass is 9.94. The molecule has 5 heteroatoms. The van der Waals surface area contributed by atoms with Crippen molar-refractivity contribution in [3.63, 3.8) is 0 Å². The summed E-state index contributed by atoms with van der Waals surface area (Å²) < 4.78 is 5.09. The highest BCUT2D eigenvalue weighted by Crippen LogP contribution is 2.32. The van der Waals surface area contributed by atoms with E-state index in [1.54, 1.807) is 12.1 Å². The smallest absolute Gasteiger partial charge is 0.244 e. The molecule has 0 saturated heterocycles. The molecule has 24 heavy (non-hydrogen) atoms. The maximum Gasteiger partial charge on any atom is 0.244 e. The molecule has 122 valence electrons. The second-order valence-electron chi connectivity index (χ2n) is 5.31. The van der Waals surface area contributed by atoms with Gasteiger partial charge in [0.25, 0.3) is 0 Å². The van der Waals surface area contributed by atoms with Gasteiger partial charge in [0.1, 0.15) is 5.60 Å². The molecular weight excluding hydrogens is 322 g/mol. The molecule has 0 radical (unpaired) electrons. The number of amides is 1. The zero-order chi connectivity index (χ0) is 16.8. The average Bonchev–Trinajstić information content (AvgIpc) is 3.32. The van der Waals surface area contributed by atoms with Crippen LogP contribution in [0.2, 0.25) is 0 Å². The Morgan fingerprint density at radius 1 is 1.21 bits per heavy atom. The van der Waals surface area contributed by atoms with E-state index in [1.807, 2.05) is 47.8 Å². The number of hydrogen-bond donors (Lipinski definition) is 2. The molecule has 1 aromatic carbocycles. The molecule has 0 bridgehead atoms. The fraction of sp³-hybridized carbons (Fsp3) is 0.105. The van der Waals surface area contributed by atoms with Gasteiger partial charge in [-0.05, 0) is 29.2 Å². The van der Waals surface area contributed by atoms with Crippen molar-refractivity contribution < 1.29 is 14.3 Å². The van der Waals surface area contributed by atoms with E-state index in [0.717, 1.165) is 10.4 Å². The van der Waals surface area contributed by atoms with Crippen molar-refractivity contribution in [2.45, 2.75) is 5.60 Å². The van der Waals surface area contributed by atoms with Gasteiger partial charge < -0.3 is 14.8 Å². The zero-order valence-corrected chi connectivity index (χ0v) is 13.7. The Morgan fingerprint density at radius 3 is 2.71 bits per heavy atom. The third-order valence-electron chi connectivity index (χ3n) is 3.67. The van der Waals surface area contributed by atoms with E-state index in [0.29, 0.717) is 5.56 Å². The summed E-state index contributed by atoms with van der Waals surface area (Å²) in [5, 5.41) is 15.7. The average molecular weight is 339 g/mol. The summed E-state index contributed by atoms with van der Waals surface area (Å²) in [5.74, 6) is -0.266. The van der Waals surface area contributed by atoms with Gasteiger partial charge in [0, 0.05) is 16.5 Å². The molecule has 1 atom stereocenters. The van der Waals surface area contributed by atoms with E-state index >= 15 is 0 Å². The summed E-state index contributed by atoms with van der Waals surface area (Å²) in [6.45, 7) is 0.0605. The number of carbonyl (C=O) groups excluding carboxylic acids is 1. The second-order valence-corrected chi connectivity index (χ2v) is 6.26. The van der Waals surface area contributed by atoms with Crippen molar-refractivity contribution >= 4 is 23.3 Å². The van der Waals surface area contributed by atoms with Crippen molar-refractivity contribution in [1.29, 1.82) is 0 Å². The van der Waals surface area contributed by atoms with Crippen LogP contribution in [0.15, 0.2) is 76.9 Å². The quantitative estimate of drug-likeness (QED) is 0.677. The van der Waals surface area contributed by atoms with Gasteiger partial charge in [0.15, 0.2) is 0 Å². The monoisotopic (exact) mass is 339 g/mol. The fourth-order valence-electron chi connectivity index (χ4n) is 2.36. The summed E-state index contributed by atoms with van der Waals surface area (Å²) in [5.41, 5.74) is 0.241. The van der Waals surface area contributed by atoms with Crippen LogP contribution < -0.4 is 5.32 Å². The number of hydrogen-bond acceptors (Lipinski definition) is 4. The molecule has 2 aromatic heterocycles. The van der Waals surface area contributed by atoms with Crippen LogP contribution in [-0.4, -0.2) is 17.6 Å². The van der Waals surface area contributed by atoms with Gasteiger partial charge in [-0.2, -0.15) is 0 Å². The standard InChI is InChI=1S/C19H17NO3S/c21-18(9-8-15-5-2-1-3-6-15)20-14-19(22,16-10-11-23-13-16)17-7-4-12-24-17/h1-13,22H,14H2,(H,20,21)/b9-8+/t19-/m0/s1. The SMILES string of the molecule is O=C(/C=C/c1ccccc1)NC[C@](O)(c1ccoc1)c1cccs1. The highest BCUT2D eigenvalue weighted by molar-refractivity contribution is 7.10. The minimum atomic E-state index is -1.31. The number of aliphatic hydroxyl groups is 1. The summed E-state index contributed by atoms with van der Waals surface area (Å²) in [4.78, 5) is 12.8. The van der Waals surface area contributed by atoms with Gasteiger partial charge in [-0.25, -0.2) is 0 Å². The Hall–Kier alpha value is -2.63. The van der Waals surface area contributed by atoms with Crippen LogP contribution >= 0.6 is 11.3 Å². The molecule has 0 fully saturated rings. The number of furan rings is 1. The van der Waals surface area contributed by atoms with E-state index in [1.165, 1.54) is 29.9 Å². The van der Waals surface area contributed by atoms with Gasteiger partial charge in [0.2, 0.25) is 5.91 Å². The molecule has 2 N–H and O–H groups in total. The first-order valence-electron chi connectivity index (χ1n) is 7.48. The Bertz CT molecular complexity index is 758. The fourth-order valence-corrected chi connectivity index (χ4v) is 3.20. The van der Waals surface area contributed by atoms with Crippen LogP contribution in [-0.2, 0) is 10.4 Å². The molecule has 0 spiro atoms. The molecule has 4 nitrogen and oxygen atoms in total. The van der Waals surface area contributed by atoms with Gasteiger partial charge >= 0.3 is 0 Å². The first kappa shape index (κ1) is 16.2. The molecular formula is C19H17NO3S. The Labute approximate surface area is 144 Å². The first-order chi connectivity index (χ1) is 11.7. The topological polar surface area (TPSA) is 62.5 Å². The third kappa shape index (κ3) is 3.64. The van der Waals surface area contributed by atoms with Crippen LogP contribution in [0.3, 0.4) is 0 Å². The van der Waals surface area contributed by atoms with Gasteiger partial charge in [-0.15, -0.1) is 11.3 Å². The van der Waals surface area contributed by atoms with Crippen LogP contribution in [0.5, 0.6) is 0 Å². The second kappa shape index (κ2) is 7.29. The minimum Gasteiger partial charge on any atom is -0.472 e. The lowest BCUT2D eigenvalue weighted by molar-refractivity contribution is -0.117. The first-order valence-corrected chi connectivity index (χ1v) is 8.36. The van der Waals surface area contributed by atoms with Crippen LogP contribution in [0.25, 0.3) is 6.08 Å². The number of benzene rings is 1. The summed E-state index contributed by atoms with van der Waals surface area (Å²) in [6.07, 6.45) is 6.19. The molecule has 0 aliphatic carbocycles.